The Bertz CT molecular complexity index is 1140. The lowest BCUT2D eigenvalue weighted by molar-refractivity contribution is -0.275. The molecule has 14 heteroatoms. The lowest BCUT2D eigenvalue weighted by Gasteiger charge is -2.40. The van der Waals surface area contributed by atoms with Crippen molar-refractivity contribution in [3.63, 3.8) is 0 Å². The van der Waals surface area contributed by atoms with Crippen LogP contribution in [0.3, 0.4) is 0 Å². The molecule has 2 aliphatic rings. The van der Waals surface area contributed by atoms with Crippen molar-refractivity contribution in [1.82, 2.24) is 24.8 Å². The molecule has 0 spiro atoms. The highest BCUT2D eigenvalue weighted by atomic mass is 19.4. The number of carbonyl (C=O) groups is 2. The number of likely N-dealkylation sites (tertiary alicyclic amines) is 1. The Morgan fingerprint density at radius 2 is 1.72 bits per heavy atom. The number of carbonyl (C=O) groups excluding carboxylic acids is 2. The number of nitrogens with zero attached hydrogens (tertiary/aromatic N) is 5. The number of ether oxygens (including phenoxy) is 2. The summed E-state index contributed by atoms with van der Waals surface area (Å²) in [6.07, 6.45) is -5.68. The van der Waals surface area contributed by atoms with E-state index in [9.17, 15) is 27.9 Å². The highest BCUT2D eigenvalue weighted by molar-refractivity contribution is 5.75. The molecule has 3 heterocycles. The zero-order valence-electron chi connectivity index (χ0n) is 21.9. The minimum absolute atomic E-state index is 0.136. The minimum atomic E-state index is -4.80. The largest absolute Gasteiger partial charge is 0.573 e. The first-order valence-electron chi connectivity index (χ1n) is 12.6. The molecule has 1 aromatic heterocycles. The van der Waals surface area contributed by atoms with Gasteiger partial charge in [-0.2, -0.15) is 4.98 Å². The van der Waals surface area contributed by atoms with Crippen LogP contribution in [0.2, 0.25) is 0 Å². The molecule has 0 aliphatic carbocycles. The fraction of sp³-hybridized carbons (Fsp3) is 0.600. The summed E-state index contributed by atoms with van der Waals surface area (Å²) in [7, 11) is 0. The number of rotatable bonds is 5. The lowest BCUT2D eigenvalue weighted by Crippen LogP contribution is -2.52. The summed E-state index contributed by atoms with van der Waals surface area (Å²) in [6, 6.07) is 5.40. The summed E-state index contributed by atoms with van der Waals surface area (Å²) >= 11 is 0. The summed E-state index contributed by atoms with van der Waals surface area (Å²) in [5.41, 5.74) is -0.0246. The first-order valence-corrected chi connectivity index (χ1v) is 12.6. The molecule has 214 valence electrons. The second-order valence-corrected chi connectivity index (χ2v) is 10.6. The van der Waals surface area contributed by atoms with Gasteiger partial charge in [0.2, 0.25) is 5.89 Å². The Hall–Kier alpha value is -3.55. The van der Waals surface area contributed by atoms with Crippen molar-refractivity contribution in [3.8, 4) is 5.75 Å². The maximum absolute atomic E-state index is 13.4. The number of alkyl halides is 3. The van der Waals surface area contributed by atoms with Crippen molar-refractivity contribution in [2.24, 2.45) is 0 Å². The molecule has 0 bridgehead atoms. The molecular weight excluding hydrogens is 523 g/mol. The number of piperidine rings is 1. The van der Waals surface area contributed by atoms with Crippen LogP contribution in [0, 0.1) is 0 Å². The van der Waals surface area contributed by atoms with Crippen molar-refractivity contribution in [2.75, 3.05) is 39.4 Å². The molecule has 4 rings (SSSR count). The zero-order chi connectivity index (χ0) is 28.4. The Balaban J connectivity index is 1.56. The second-order valence-electron chi connectivity index (χ2n) is 10.6. The van der Waals surface area contributed by atoms with Gasteiger partial charge in [-0.25, -0.2) is 4.79 Å². The van der Waals surface area contributed by atoms with E-state index in [1.54, 1.807) is 42.7 Å². The molecule has 39 heavy (non-hydrogen) atoms. The number of urea groups is 1. The number of hydrogen-bond donors (Lipinski definition) is 0. The lowest BCUT2D eigenvalue weighted by atomic mass is 9.84. The molecule has 1 aromatic carbocycles. The Morgan fingerprint density at radius 3 is 2.31 bits per heavy atom. The topological polar surface area (TPSA) is 124 Å². The number of morpholine rings is 1. The van der Waals surface area contributed by atoms with Gasteiger partial charge in [0.1, 0.15) is 11.8 Å². The minimum Gasteiger partial charge on any atom is -0.530 e. The van der Waals surface area contributed by atoms with Crippen LogP contribution in [0.4, 0.5) is 22.8 Å². The summed E-state index contributed by atoms with van der Waals surface area (Å²) in [4.78, 5) is 33.9. The van der Waals surface area contributed by atoms with Crippen molar-refractivity contribution < 1.29 is 41.9 Å². The van der Waals surface area contributed by atoms with Crippen LogP contribution in [-0.4, -0.2) is 88.3 Å². The predicted molar refractivity (Wildman–Crippen MR) is 128 cm³/mol. The molecule has 2 unspecified atom stereocenters. The second kappa shape index (κ2) is 11.3. The van der Waals surface area contributed by atoms with Gasteiger partial charge in [0.15, 0.2) is 5.82 Å². The zero-order valence-corrected chi connectivity index (χ0v) is 21.9. The van der Waals surface area contributed by atoms with Gasteiger partial charge >= 0.3 is 12.4 Å². The average molecular weight is 555 g/mol. The highest BCUT2D eigenvalue weighted by Gasteiger charge is 2.37. The van der Waals surface area contributed by atoms with Crippen molar-refractivity contribution in [3.05, 3.63) is 41.5 Å². The number of amides is 3. The summed E-state index contributed by atoms with van der Waals surface area (Å²) in [5.74, 6) is -0.548. The molecule has 2 saturated heterocycles. The van der Waals surface area contributed by atoms with Crippen LogP contribution in [0.25, 0.3) is 0 Å². The molecule has 2 aromatic rings. The summed E-state index contributed by atoms with van der Waals surface area (Å²) in [5, 5.41) is 15.6. The third-order valence-corrected chi connectivity index (χ3v) is 6.75. The monoisotopic (exact) mass is 554 g/mol. The van der Waals surface area contributed by atoms with Gasteiger partial charge in [-0.05, 0) is 44.9 Å². The first-order chi connectivity index (χ1) is 18.3. The van der Waals surface area contributed by atoms with E-state index in [1.165, 1.54) is 12.1 Å². The molecule has 3 amide bonds. The third-order valence-electron chi connectivity index (χ3n) is 6.75. The number of aromatic nitrogens is 2. The van der Waals surface area contributed by atoms with Crippen molar-refractivity contribution >= 4 is 12.1 Å². The molecule has 0 saturated carbocycles. The van der Waals surface area contributed by atoms with E-state index in [0.29, 0.717) is 39.3 Å². The van der Waals surface area contributed by atoms with Crippen LogP contribution in [-0.2, 0) is 11.3 Å². The van der Waals surface area contributed by atoms with Gasteiger partial charge in [0.05, 0.1) is 25.7 Å². The van der Waals surface area contributed by atoms with Crippen LogP contribution in [0.5, 0.6) is 5.75 Å². The van der Waals surface area contributed by atoms with Crippen LogP contribution >= 0.6 is 0 Å². The number of carboxylic acid groups (broad SMARTS) is 1. The van der Waals surface area contributed by atoms with Gasteiger partial charge in [0, 0.05) is 37.6 Å². The van der Waals surface area contributed by atoms with Gasteiger partial charge in [0.25, 0.3) is 0 Å². The summed E-state index contributed by atoms with van der Waals surface area (Å²) in [6.45, 7) is 7.41. The van der Waals surface area contributed by atoms with E-state index >= 15 is 0 Å². The maximum atomic E-state index is 13.4. The molecule has 0 radical (unpaired) electrons. The van der Waals surface area contributed by atoms with E-state index in [0.717, 1.165) is 10.5 Å². The Labute approximate surface area is 223 Å². The number of benzene rings is 1. The normalized spacial score (nSPS) is 20.6. The smallest absolute Gasteiger partial charge is 0.530 e. The fourth-order valence-electron chi connectivity index (χ4n) is 4.79. The van der Waals surface area contributed by atoms with E-state index in [-0.39, 0.29) is 48.4 Å². The van der Waals surface area contributed by atoms with E-state index in [4.69, 9.17) is 9.26 Å². The van der Waals surface area contributed by atoms with Crippen LogP contribution in [0.1, 0.15) is 56.3 Å². The van der Waals surface area contributed by atoms with E-state index < -0.39 is 18.0 Å². The highest BCUT2D eigenvalue weighted by Crippen LogP contribution is 2.37. The standard InChI is InChI=1S/C25H32F3N5O6/c1-24(2,3)33(23(35)36)15-20-29-21(39-30-20)18-12-17(16-4-6-19(7-5-16)38-25(26,27)28)13-32(14-18)22(34)31-8-10-37-11-9-31/h4-7,17-18H,8-15H2,1-3H3,(H,35,36)/p-1. The van der Waals surface area contributed by atoms with E-state index in [2.05, 4.69) is 14.9 Å². The average Bonchev–Trinajstić information content (AvgIpc) is 3.35. The van der Waals surface area contributed by atoms with Gasteiger partial charge in [-0.1, -0.05) is 17.3 Å². The molecule has 2 atom stereocenters. The van der Waals surface area contributed by atoms with Gasteiger partial charge in [-0.3, -0.25) is 0 Å². The predicted octanol–water partition coefficient (Wildman–Crippen LogP) is 2.94. The van der Waals surface area contributed by atoms with Crippen molar-refractivity contribution in [1.29, 1.82) is 0 Å². The maximum Gasteiger partial charge on any atom is 0.573 e. The quantitative estimate of drug-likeness (QED) is 0.553. The molecule has 11 nitrogen and oxygen atoms in total. The molecule has 2 fully saturated rings. The first kappa shape index (κ1) is 28.5. The van der Waals surface area contributed by atoms with Gasteiger partial charge < -0.3 is 38.6 Å². The number of hydrogen-bond acceptors (Lipinski definition) is 8. The SMILES string of the molecule is CC(C)(C)N(Cc1noc(C2CC(c3ccc(OC(F)(F)F)cc3)CN(C(=O)N3CCOCC3)C2)n1)C(=O)[O-]. The third kappa shape index (κ3) is 7.31. The van der Waals surface area contributed by atoms with Crippen LogP contribution in [0.15, 0.2) is 28.8 Å². The Kier molecular flexibility index (Phi) is 8.23. The molecule has 2 aliphatic heterocycles. The Morgan fingerprint density at radius 1 is 1.08 bits per heavy atom. The summed E-state index contributed by atoms with van der Waals surface area (Å²) < 4.78 is 52.6. The molecular formula is C25H31F3N5O6-. The molecule has 0 N–H and O–H groups in total. The van der Waals surface area contributed by atoms with E-state index in [1.807, 2.05) is 0 Å². The fourth-order valence-corrected chi connectivity index (χ4v) is 4.79. The van der Waals surface area contributed by atoms with Crippen molar-refractivity contribution in [2.45, 2.75) is 57.5 Å². The van der Waals surface area contributed by atoms with Crippen LogP contribution < -0.4 is 9.84 Å². The number of halogens is 3. The van der Waals surface area contributed by atoms with Gasteiger partial charge in [-0.15, -0.1) is 13.2 Å².